The van der Waals surface area contributed by atoms with Gasteiger partial charge in [-0.1, -0.05) is 13.5 Å². The van der Waals surface area contributed by atoms with Crippen molar-refractivity contribution >= 4 is 5.97 Å². The standard InChI is InChI=1S/C18H32N2O2/c1-4-22-18(21)15-7-11-17(12-8-15)20(14(3)19)16-9-5-13(2)6-10-16/h13,15-17H,3-12,19H2,1-2H3. The Labute approximate surface area is 135 Å². The van der Waals surface area contributed by atoms with Crippen molar-refractivity contribution in [3.05, 3.63) is 12.4 Å². The minimum atomic E-state index is -0.0226. The zero-order valence-corrected chi connectivity index (χ0v) is 14.2. The van der Waals surface area contributed by atoms with Crippen LogP contribution in [-0.4, -0.2) is 29.6 Å². The Morgan fingerprint density at radius 1 is 1.09 bits per heavy atom. The van der Waals surface area contributed by atoms with Gasteiger partial charge in [0, 0.05) is 12.1 Å². The Balaban J connectivity index is 1.91. The summed E-state index contributed by atoms with van der Waals surface area (Å²) >= 11 is 0. The third kappa shape index (κ3) is 4.17. The Morgan fingerprint density at radius 2 is 1.59 bits per heavy atom. The number of nitrogens with two attached hydrogens (primary N) is 1. The van der Waals surface area contributed by atoms with Crippen LogP contribution < -0.4 is 5.73 Å². The van der Waals surface area contributed by atoms with Gasteiger partial charge in [0.05, 0.1) is 18.3 Å². The SMILES string of the molecule is C=C(N)N(C1CCC(C)CC1)C1CCC(C(=O)OCC)CC1. The van der Waals surface area contributed by atoms with Crippen molar-refractivity contribution in [2.24, 2.45) is 17.6 Å². The Hall–Kier alpha value is -1.19. The summed E-state index contributed by atoms with van der Waals surface area (Å²) < 4.78 is 5.16. The van der Waals surface area contributed by atoms with E-state index in [0.29, 0.717) is 24.5 Å². The number of hydrogen-bond donors (Lipinski definition) is 1. The zero-order valence-electron chi connectivity index (χ0n) is 14.2. The number of rotatable bonds is 5. The van der Waals surface area contributed by atoms with Crippen molar-refractivity contribution in [3.63, 3.8) is 0 Å². The first kappa shape index (κ1) is 17.2. The maximum Gasteiger partial charge on any atom is 0.308 e. The molecule has 0 atom stereocenters. The lowest BCUT2D eigenvalue weighted by molar-refractivity contribution is -0.149. The van der Waals surface area contributed by atoms with Crippen LogP contribution in [0.1, 0.15) is 65.2 Å². The monoisotopic (exact) mass is 308 g/mol. The molecule has 0 amide bonds. The van der Waals surface area contributed by atoms with Gasteiger partial charge in [0.1, 0.15) is 0 Å². The van der Waals surface area contributed by atoms with E-state index in [9.17, 15) is 4.79 Å². The van der Waals surface area contributed by atoms with Gasteiger partial charge in [-0.25, -0.2) is 0 Å². The lowest BCUT2D eigenvalue weighted by Crippen LogP contribution is -2.47. The number of carbonyl (C=O) groups is 1. The predicted octanol–water partition coefficient (Wildman–Crippen LogP) is 3.42. The van der Waals surface area contributed by atoms with Gasteiger partial charge >= 0.3 is 5.97 Å². The van der Waals surface area contributed by atoms with Gasteiger partial charge in [-0.05, 0) is 64.2 Å². The van der Waals surface area contributed by atoms with Crippen LogP contribution in [0, 0.1) is 11.8 Å². The Kier molecular flexibility index (Phi) is 6.16. The molecular formula is C18H32N2O2. The van der Waals surface area contributed by atoms with E-state index in [1.54, 1.807) is 0 Å². The molecule has 4 nitrogen and oxygen atoms in total. The van der Waals surface area contributed by atoms with Gasteiger partial charge in [-0.2, -0.15) is 0 Å². The van der Waals surface area contributed by atoms with Crippen LogP contribution in [0.4, 0.5) is 0 Å². The second-order valence-corrected chi connectivity index (χ2v) is 7.07. The van der Waals surface area contributed by atoms with Crippen LogP contribution in [-0.2, 0) is 9.53 Å². The molecule has 0 aromatic rings. The van der Waals surface area contributed by atoms with E-state index in [1.807, 2.05) is 6.92 Å². The zero-order chi connectivity index (χ0) is 16.1. The minimum absolute atomic E-state index is 0.0226. The van der Waals surface area contributed by atoms with E-state index in [2.05, 4.69) is 18.4 Å². The minimum Gasteiger partial charge on any atom is -0.466 e. The van der Waals surface area contributed by atoms with E-state index < -0.39 is 0 Å². The topological polar surface area (TPSA) is 55.6 Å². The van der Waals surface area contributed by atoms with Gasteiger partial charge < -0.3 is 15.4 Å². The quantitative estimate of drug-likeness (QED) is 0.791. The number of esters is 1. The van der Waals surface area contributed by atoms with Crippen molar-refractivity contribution in [2.75, 3.05) is 6.61 Å². The van der Waals surface area contributed by atoms with Crippen LogP contribution in [0.25, 0.3) is 0 Å². The van der Waals surface area contributed by atoms with Crippen LogP contribution >= 0.6 is 0 Å². The molecule has 0 unspecified atom stereocenters. The molecule has 2 rings (SSSR count). The fraction of sp³-hybridized carbons (Fsp3) is 0.833. The smallest absolute Gasteiger partial charge is 0.308 e. The largest absolute Gasteiger partial charge is 0.466 e. The molecule has 0 aliphatic heterocycles. The molecule has 2 aliphatic carbocycles. The molecule has 0 radical (unpaired) electrons. The van der Waals surface area contributed by atoms with Gasteiger partial charge in [-0.15, -0.1) is 0 Å². The van der Waals surface area contributed by atoms with Crippen LogP contribution in [0.5, 0.6) is 0 Å². The molecule has 0 heterocycles. The molecule has 0 aromatic carbocycles. The van der Waals surface area contributed by atoms with Crippen LogP contribution in [0.15, 0.2) is 12.4 Å². The third-order valence-corrected chi connectivity index (χ3v) is 5.42. The molecule has 2 N–H and O–H groups in total. The van der Waals surface area contributed by atoms with Gasteiger partial charge in [0.25, 0.3) is 0 Å². The second kappa shape index (κ2) is 7.89. The average molecular weight is 308 g/mol. The highest BCUT2D eigenvalue weighted by atomic mass is 16.5. The highest BCUT2D eigenvalue weighted by Gasteiger charge is 2.34. The van der Waals surface area contributed by atoms with E-state index in [-0.39, 0.29) is 11.9 Å². The van der Waals surface area contributed by atoms with Gasteiger partial charge in [0.2, 0.25) is 0 Å². The number of ether oxygens (including phenoxy) is 1. The van der Waals surface area contributed by atoms with Crippen molar-refractivity contribution in [2.45, 2.75) is 77.3 Å². The number of hydrogen-bond acceptors (Lipinski definition) is 4. The molecule has 126 valence electrons. The van der Waals surface area contributed by atoms with Crippen molar-refractivity contribution in [3.8, 4) is 0 Å². The van der Waals surface area contributed by atoms with Crippen molar-refractivity contribution in [1.29, 1.82) is 0 Å². The summed E-state index contributed by atoms with van der Waals surface area (Å²) in [6.07, 6.45) is 8.87. The average Bonchev–Trinajstić information content (AvgIpc) is 2.50. The first-order valence-electron chi connectivity index (χ1n) is 8.92. The number of carbonyl (C=O) groups excluding carboxylic acids is 1. The highest BCUT2D eigenvalue weighted by molar-refractivity contribution is 5.72. The molecule has 0 saturated heterocycles. The van der Waals surface area contributed by atoms with Crippen molar-refractivity contribution in [1.82, 2.24) is 4.90 Å². The van der Waals surface area contributed by atoms with Crippen molar-refractivity contribution < 1.29 is 9.53 Å². The van der Waals surface area contributed by atoms with Crippen LogP contribution in [0.3, 0.4) is 0 Å². The van der Waals surface area contributed by atoms with E-state index in [0.717, 1.165) is 31.6 Å². The molecule has 2 aliphatic rings. The summed E-state index contributed by atoms with van der Waals surface area (Å²) in [4.78, 5) is 14.2. The van der Waals surface area contributed by atoms with Gasteiger partial charge in [0.15, 0.2) is 0 Å². The van der Waals surface area contributed by atoms with Gasteiger partial charge in [-0.3, -0.25) is 4.79 Å². The molecular weight excluding hydrogens is 276 g/mol. The van der Waals surface area contributed by atoms with Crippen LogP contribution in [0.2, 0.25) is 0 Å². The number of nitrogens with zero attached hydrogens (tertiary/aromatic N) is 1. The fourth-order valence-electron chi connectivity index (χ4n) is 4.14. The molecule has 0 bridgehead atoms. The normalized spacial score (nSPS) is 32.3. The second-order valence-electron chi connectivity index (χ2n) is 7.07. The molecule has 0 aromatic heterocycles. The lowest BCUT2D eigenvalue weighted by atomic mass is 9.82. The summed E-state index contributed by atoms with van der Waals surface area (Å²) in [5.74, 6) is 1.60. The Morgan fingerprint density at radius 3 is 2.05 bits per heavy atom. The molecule has 2 saturated carbocycles. The molecule has 22 heavy (non-hydrogen) atoms. The highest BCUT2D eigenvalue weighted by Crippen LogP contribution is 2.35. The fourth-order valence-corrected chi connectivity index (χ4v) is 4.14. The first-order valence-corrected chi connectivity index (χ1v) is 8.92. The molecule has 0 spiro atoms. The summed E-state index contributed by atoms with van der Waals surface area (Å²) in [5.41, 5.74) is 6.11. The maximum atomic E-state index is 11.9. The first-order chi connectivity index (χ1) is 10.5. The summed E-state index contributed by atoms with van der Waals surface area (Å²) in [5, 5.41) is 0. The summed E-state index contributed by atoms with van der Waals surface area (Å²) in [7, 11) is 0. The van der Waals surface area contributed by atoms with E-state index in [4.69, 9.17) is 10.5 Å². The Bertz CT molecular complexity index is 381. The van der Waals surface area contributed by atoms with E-state index in [1.165, 1.54) is 25.7 Å². The lowest BCUT2D eigenvalue weighted by Gasteiger charge is -2.44. The maximum absolute atomic E-state index is 11.9. The molecule has 4 heteroatoms. The summed E-state index contributed by atoms with van der Waals surface area (Å²) in [6, 6.07) is 0.986. The summed E-state index contributed by atoms with van der Waals surface area (Å²) in [6.45, 7) is 8.70. The third-order valence-electron chi connectivity index (χ3n) is 5.42. The molecule has 2 fully saturated rings. The van der Waals surface area contributed by atoms with E-state index >= 15 is 0 Å². The predicted molar refractivity (Wildman–Crippen MR) is 89.0 cm³/mol.